The number of carboxylic acids is 2. The summed E-state index contributed by atoms with van der Waals surface area (Å²) >= 11 is 0. The van der Waals surface area contributed by atoms with Crippen LogP contribution in [0.5, 0.6) is 0 Å². The van der Waals surface area contributed by atoms with Crippen LogP contribution in [0.25, 0.3) is 10.8 Å². The monoisotopic (exact) mass is 712 g/mol. The van der Waals surface area contributed by atoms with E-state index in [0.717, 1.165) is 51.4 Å². The van der Waals surface area contributed by atoms with Crippen molar-refractivity contribution in [2.75, 3.05) is 0 Å². The first-order chi connectivity index (χ1) is 24.6. The van der Waals surface area contributed by atoms with Crippen molar-refractivity contribution in [3.8, 4) is 0 Å². The van der Waals surface area contributed by atoms with Gasteiger partial charge in [0.05, 0.1) is 0 Å². The fraction of sp³-hybridized carbons (Fsp3) is 0.652. The first kappa shape index (κ1) is 47.1. The van der Waals surface area contributed by atoms with Gasteiger partial charge in [-0.15, -0.1) is 0 Å². The van der Waals surface area contributed by atoms with Gasteiger partial charge >= 0.3 is 11.9 Å². The Morgan fingerprint density at radius 3 is 1.27 bits per heavy atom. The molecule has 0 saturated carbocycles. The molecule has 2 N–H and O–H groups in total. The Labute approximate surface area is 334 Å². The molecule has 2 aromatic carbocycles. The van der Waals surface area contributed by atoms with Gasteiger partial charge in [-0.2, -0.15) is 0 Å². The van der Waals surface area contributed by atoms with Gasteiger partial charge in [-0.05, 0) is 112 Å². The molecule has 0 atom stereocenters. The van der Waals surface area contributed by atoms with E-state index in [1.165, 1.54) is 145 Å². The third kappa shape index (κ3) is 27.4. The Balaban J connectivity index is 0.0000130. The van der Waals surface area contributed by atoms with E-state index < -0.39 is 11.9 Å². The maximum absolute atomic E-state index is 10.5. The number of unbranched alkanes of at least 4 members (excludes halogenated alkanes) is 22. The number of hydrogen-bond donors (Lipinski definition) is 2. The van der Waals surface area contributed by atoms with Crippen LogP contribution >= 0.6 is 0 Å². The second-order valence-electron chi connectivity index (χ2n) is 14.6. The number of carboxylic acid groups (broad SMARTS) is 2. The van der Waals surface area contributed by atoms with Gasteiger partial charge in [-0.1, -0.05) is 151 Å². The zero-order valence-electron chi connectivity index (χ0n) is 32.7. The molecule has 0 spiro atoms. The van der Waals surface area contributed by atoms with E-state index in [1.54, 1.807) is 5.56 Å². The van der Waals surface area contributed by atoms with Crippen LogP contribution in [0, 0.1) is 0 Å². The molecular weight excluding hydrogens is 639 g/mol. The van der Waals surface area contributed by atoms with Crippen molar-refractivity contribution in [2.45, 2.75) is 193 Å². The van der Waals surface area contributed by atoms with Crippen LogP contribution in [0.1, 0.15) is 191 Å². The molecule has 0 bridgehead atoms. The van der Waals surface area contributed by atoms with E-state index in [1.807, 2.05) is 0 Å². The quantitative estimate of drug-likeness (QED) is 0.0430. The average molecular weight is 712 g/mol. The Kier molecular flexibility index (Phi) is 31.4. The number of hydrogen-bond acceptors (Lipinski definition) is 2. The first-order valence-electron chi connectivity index (χ1n) is 20.8. The molecule has 0 heterocycles. The summed E-state index contributed by atoms with van der Waals surface area (Å²) in [6.07, 6.45) is 44.0. The van der Waals surface area contributed by atoms with Gasteiger partial charge in [0.1, 0.15) is 0 Å². The third-order valence-corrected chi connectivity index (χ3v) is 10.0. The molecule has 2 rings (SSSR count). The molecule has 3 radical (unpaired) electrons. The molecule has 2 aromatic rings. The van der Waals surface area contributed by atoms with Crippen LogP contribution in [0.4, 0.5) is 0 Å². The second-order valence-corrected chi connectivity index (χ2v) is 14.6. The fourth-order valence-corrected chi connectivity index (χ4v) is 7.00. The molecule has 0 aliphatic heterocycles. The number of rotatable bonds is 34. The standard InChI is InChI=1S/C46H72O4.Na/c47-45(48)37-29-25-21-17-13-9-5-1-3-7-11-15-19-23-27-33-41-39-42(44-36-32-31-35-43(44)40-41)34-28-24-20-16-12-8-4-2-6-10-14-18-22-26-30-38-46(49)50;/h1-2,5-6,31-32,35-36,39-40H,3-4,7-30,33-34,37-38H2,(H,47,48)(H,49,50);/q;-2/b5-1-,6-2-;. The minimum atomic E-state index is -0.671. The van der Waals surface area contributed by atoms with Crippen molar-refractivity contribution in [1.82, 2.24) is 0 Å². The molecule has 0 aliphatic carbocycles. The average Bonchev–Trinajstić information content (AvgIpc) is 3.10. The van der Waals surface area contributed by atoms with Gasteiger partial charge in [0, 0.05) is 12.8 Å². The molecule has 283 valence electrons. The van der Waals surface area contributed by atoms with Crippen LogP contribution in [0.2, 0.25) is 0 Å². The van der Waals surface area contributed by atoms with E-state index in [-0.39, 0.29) is 29.6 Å². The maximum Gasteiger partial charge on any atom is 0.303 e. The van der Waals surface area contributed by atoms with Crippen LogP contribution in [-0.2, 0) is 22.4 Å². The summed E-state index contributed by atoms with van der Waals surface area (Å²) in [7, 11) is 0. The van der Waals surface area contributed by atoms with Gasteiger partial charge in [0.15, 0.2) is 0 Å². The molecule has 0 amide bonds. The second kappa shape index (κ2) is 33.9. The molecule has 0 aliphatic rings. The Morgan fingerprint density at radius 1 is 0.451 bits per heavy atom. The Bertz CT molecular complexity index is 1200. The molecule has 0 aromatic heterocycles. The number of aryl methyl sites for hydroxylation is 2. The summed E-state index contributed by atoms with van der Waals surface area (Å²) in [5.41, 5.74) is 3.07. The van der Waals surface area contributed by atoms with Crippen molar-refractivity contribution >= 4 is 52.3 Å². The number of benzene rings is 2. The van der Waals surface area contributed by atoms with E-state index in [2.05, 4.69) is 60.7 Å². The van der Waals surface area contributed by atoms with Gasteiger partial charge in [-0.25, -0.2) is 0 Å². The Morgan fingerprint density at radius 2 is 0.824 bits per heavy atom. The molecule has 0 unspecified atom stereocenters. The molecule has 5 heteroatoms. The molecule has 4 nitrogen and oxygen atoms in total. The van der Waals surface area contributed by atoms with Crippen LogP contribution in [-0.4, -0.2) is 51.7 Å². The van der Waals surface area contributed by atoms with Crippen molar-refractivity contribution in [3.05, 3.63) is 71.8 Å². The predicted molar refractivity (Wildman–Crippen MR) is 220 cm³/mol. The van der Waals surface area contributed by atoms with E-state index in [4.69, 9.17) is 10.2 Å². The van der Waals surface area contributed by atoms with Crippen molar-refractivity contribution in [2.24, 2.45) is 0 Å². The maximum atomic E-state index is 10.5. The van der Waals surface area contributed by atoms with Gasteiger partial charge in [-0.3, -0.25) is 9.59 Å². The van der Waals surface area contributed by atoms with Gasteiger partial charge < -0.3 is 39.8 Å². The fourth-order valence-electron chi connectivity index (χ4n) is 7.00. The number of fused-ring (bicyclic) bond motifs is 1. The minimum absolute atomic E-state index is 0. The van der Waals surface area contributed by atoms with Crippen LogP contribution < -0.4 is 0 Å². The third-order valence-electron chi connectivity index (χ3n) is 10.0. The van der Waals surface area contributed by atoms with E-state index >= 15 is 0 Å². The SMILES string of the molecule is O=C(O)CCCCCCC/C=C\CCCCCCCCc1cc(CCCCCCCC/C=C\CCCCCCCC(=O)O)c2ccccc2c1.[Na-2]. The largest absolute Gasteiger partial charge is 2.00 e. The first-order valence-corrected chi connectivity index (χ1v) is 20.8. The summed E-state index contributed by atoms with van der Waals surface area (Å²) in [6.45, 7) is 0. The minimum Gasteiger partial charge on any atom is -2.00 e. The number of aliphatic carboxylic acids is 2. The van der Waals surface area contributed by atoms with Crippen LogP contribution in [0.3, 0.4) is 0 Å². The van der Waals surface area contributed by atoms with Crippen LogP contribution in [0.15, 0.2) is 60.7 Å². The van der Waals surface area contributed by atoms with E-state index in [9.17, 15) is 9.59 Å². The zero-order valence-corrected chi connectivity index (χ0v) is 34.7. The molecule has 51 heavy (non-hydrogen) atoms. The zero-order chi connectivity index (χ0) is 35.7. The number of carbonyl (C=O) groups is 2. The summed E-state index contributed by atoms with van der Waals surface area (Å²) in [4.78, 5) is 21.1. The summed E-state index contributed by atoms with van der Waals surface area (Å²) in [5.74, 6) is -1.34. The molecule has 0 fully saturated rings. The summed E-state index contributed by atoms with van der Waals surface area (Å²) in [6, 6.07) is 13.9. The number of allylic oxidation sites excluding steroid dienone is 4. The molecule has 0 saturated heterocycles. The summed E-state index contributed by atoms with van der Waals surface area (Å²) in [5, 5.41) is 20.2. The Hall–Kier alpha value is -1.88. The topological polar surface area (TPSA) is 74.6 Å². The van der Waals surface area contributed by atoms with Gasteiger partial charge in [0.25, 0.3) is 0 Å². The van der Waals surface area contributed by atoms with Gasteiger partial charge in [0.2, 0.25) is 0 Å². The van der Waals surface area contributed by atoms with Crippen molar-refractivity contribution in [1.29, 1.82) is 0 Å². The normalized spacial score (nSPS) is 11.5. The summed E-state index contributed by atoms with van der Waals surface area (Å²) < 4.78 is 0. The predicted octanol–water partition coefficient (Wildman–Crippen LogP) is 13.7. The van der Waals surface area contributed by atoms with Crippen molar-refractivity contribution < 1.29 is 19.8 Å². The molecular formula is C46H72NaO4-2. The van der Waals surface area contributed by atoms with E-state index in [0.29, 0.717) is 12.8 Å². The smallest absolute Gasteiger partial charge is 0.303 e. The van der Waals surface area contributed by atoms with Crippen molar-refractivity contribution in [3.63, 3.8) is 0 Å².